The first-order valence-corrected chi connectivity index (χ1v) is 9.31. The molecule has 0 saturated carbocycles. The van der Waals surface area contributed by atoms with Crippen molar-refractivity contribution in [2.45, 2.75) is 31.7 Å². The van der Waals surface area contributed by atoms with E-state index < -0.39 is 0 Å². The highest BCUT2D eigenvalue weighted by molar-refractivity contribution is 6.30. The van der Waals surface area contributed by atoms with Crippen LogP contribution in [0.15, 0.2) is 42.5 Å². The normalized spacial score (nSPS) is 19.1. The Labute approximate surface area is 157 Å². The third-order valence-corrected chi connectivity index (χ3v) is 5.14. The summed E-state index contributed by atoms with van der Waals surface area (Å²) in [5, 5.41) is 3.71. The van der Waals surface area contributed by atoms with E-state index in [4.69, 9.17) is 21.1 Å². The van der Waals surface area contributed by atoms with E-state index in [0.717, 1.165) is 37.8 Å². The first-order chi connectivity index (χ1) is 12.7. The Hall–Kier alpha value is -2.40. The zero-order chi connectivity index (χ0) is 17.9. The number of rotatable bonds is 2. The lowest BCUT2D eigenvalue weighted by Gasteiger charge is -2.30. The number of fused-ring (bicyclic) bond motifs is 1. The number of anilines is 1. The van der Waals surface area contributed by atoms with Crippen LogP contribution in [0.1, 0.15) is 37.3 Å². The lowest BCUT2D eigenvalue weighted by molar-refractivity contribution is 0.174. The first-order valence-electron chi connectivity index (χ1n) is 8.93. The van der Waals surface area contributed by atoms with Crippen LogP contribution in [0.4, 0.5) is 10.5 Å². The summed E-state index contributed by atoms with van der Waals surface area (Å²) in [5.41, 5.74) is 1.83. The van der Waals surface area contributed by atoms with Gasteiger partial charge in [-0.15, -0.1) is 0 Å². The van der Waals surface area contributed by atoms with Crippen molar-refractivity contribution in [2.24, 2.45) is 0 Å². The molecule has 6 heteroatoms. The van der Waals surface area contributed by atoms with Crippen LogP contribution in [-0.2, 0) is 0 Å². The van der Waals surface area contributed by atoms with Crippen LogP contribution in [0, 0.1) is 0 Å². The minimum atomic E-state index is -0.0919. The Morgan fingerprint density at radius 3 is 2.69 bits per heavy atom. The summed E-state index contributed by atoms with van der Waals surface area (Å²) in [5.74, 6) is 1.37. The largest absolute Gasteiger partial charge is 0.454 e. The Bertz CT molecular complexity index is 794. The molecule has 1 unspecified atom stereocenters. The van der Waals surface area contributed by atoms with Gasteiger partial charge >= 0.3 is 6.03 Å². The fraction of sp³-hybridized carbons (Fsp3) is 0.350. The number of amides is 2. The number of nitrogens with zero attached hydrogens (tertiary/aromatic N) is 1. The van der Waals surface area contributed by atoms with E-state index >= 15 is 0 Å². The molecule has 1 N–H and O–H groups in total. The number of urea groups is 1. The Morgan fingerprint density at radius 1 is 1.04 bits per heavy atom. The van der Waals surface area contributed by atoms with Crippen molar-refractivity contribution in [3.63, 3.8) is 0 Å². The molecule has 1 saturated heterocycles. The number of hydrogen-bond donors (Lipinski definition) is 1. The van der Waals surface area contributed by atoms with Gasteiger partial charge in [-0.05, 0) is 42.7 Å². The molecule has 0 spiro atoms. The minimum Gasteiger partial charge on any atom is -0.454 e. The van der Waals surface area contributed by atoms with Gasteiger partial charge in [0.05, 0.1) is 6.04 Å². The zero-order valence-corrected chi connectivity index (χ0v) is 15.2. The fourth-order valence-corrected chi connectivity index (χ4v) is 3.68. The first kappa shape index (κ1) is 17.0. The second-order valence-electron chi connectivity index (χ2n) is 6.61. The molecule has 2 aliphatic heterocycles. The van der Waals surface area contributed by atoms with E-state index in [0.29, 0.717) is 22.2 Å². The van der Waals surface area contributed by atoms with Gasteiger partial charge in [-0.2, -0.15) is 0 Å². The van der Waals surface area contributed by atoms with Crippen molar-refractivity contribution in [3.05, 3.63) is 53.1 Å². The topological polar surface area (TPSA) is 50.8 Å². The van der Waals surface area contributed by atoms with Crippen molar-refractivity contribution in [1.82, 2.24) is 4.90 Å². The lowest BCUT2D eigenvalue weighted by atomic mass is 10.0. The molecule has 0 radical (unpaired) electrons. The summed E-state index contributed by atoms with van der Waals surface area (Å²) in [6, 6.07) is 13.2. The van der Waals surface area contributed by atoms with Crippen molar-refractivity contribution in [2.75, 3.05) is 18.7 Å². The Kier molecular flexibility index (Phi) is 4.89. The van der Waals surface area contributed by atoms with Gasteiger partial charge in [-0.25, -0.2) is 4.79 Å². The van der Waals surface area contributed by atoms with Crippen molar-refractivity contribution in [1.29, 1.82) is 0 Å². The number of carbonyl (C=O) groups is 1. The summed E-state index contributed by atoms with van der Waals surface area (Å²) < 4.78 is 10.7. The molecule has 136 valence electrons. The summed E-state index contributed by atoms with van der Waals surface area (Å²) in [4.78, 5) is 14.9. The molecule has 2 amide bonds. The van der Waals surface area contributed by atoms with Crippen LogP contribution in [-0.4, -0.2) is 24.3 Å². The maximum atomic E-state index is 13.0. The summed E-state index contributed by atoms with van der Waals surface area (Å²) >= 11 is 6.02. The molecule has 26 heavy (non-hydrogen) atoms. The van der Waals surface area contributed by atoms with E-state index in [1.165, 1.54) is 0 Å². The predicted octanol–water partition coefficient (Wildman–Crippen LogP) is 5.22. The molecular weight excluding hydrogens is 352 g/mol. The highest BCUT2D eigenvalue weighted by atomic mass is 35.5. The Morgan fingerprint density at radius 2 is 1.85 bits per heavy atom. The summed E-state index contributed by atoms with van der Waals surface area (Å²) in [6.45, 7) is 0.960. The van der Waals surface area contributed by atoms with E-state index in [1.807, 2.05) is 41.3 Å². The van der Waals surface area contributed by atoms with E-state index in [9.17, 15) is 4.79 Å². The average molecular weight is 373 g/mol. The van der Waals surface area contributed by atoms with Crippen molar-refractivity contribution < 1.29 is 14.3 Å². The molecule has 4 rings (SSSR count). The number of carbonyl (C=O) groups excluding carboxylic acids is 1. The number of hydrogen-bond acceptors (Lipinski definition) is 3. The second-order valence-corrected chi connectivity index (χ2v) is 7.04. The number of halogens is 1. The smallest absolute Gasteiger partial charge is 0.322 e. The van der Waals surface area contributed by atoms with Crippen LogP contribution in [0.5, 0.6) is 11.5 Å². The molecule has 1 fully saturated rings. The van der Waals surface area contributed by atoms with Gasteiger partial charge in [0, 0.05) is 23.3 Å². The Balaban J connectivity index is 1.54. The minimum absolute atomic E-state index is 0.0591. The molecular formula is C20H21ClN2O3. The number of benzene rings is 2. The van der Waals surface area contributed by atoms with Crippen molar-refractivity contribution >= 4 is 23.3 Å². The maximum Gasteiger partial charge on any atom is 0.322 e. The number of ether oxygens (including phenoxy) is 2. The van der Waals surface area contributed by atoms with Gasteiger partial charge in [0.2, 0.25) is 6.79 Å². The molecule has 0 bridgehead atoms. The predicted molar refractivity (Wildman–Crippen MR) is 101 cm³/mol. The lowest BCUT2D eigenvalue weighted by Crippen LogP contribution is -2.38. The highest BCUT2D eigenvalue weighted by Crippen LogP contribution is 2.35. The van der Waals surface area contributed by atoms with Crippen LogP contribution in [0.25, 0.3) is 0 Å². The average Bonchev–Trinajstić information content (AvgIpc) is 2.97. The van der Waals surface area contributed by atoms with Gasteiger partial charge in [-0.3, -0.25) is 0 Å². The summed E-state index contributed by atoms with van der Waals surface area (Å²) in [7, 11) is 0. The van der Waals surface area contributed by atoms with E-state index in [-0.39, 0.29) is 18.9 Å². The van der Waals surface area contributed by atoms with E-state index in [2.05, 4.69) is 5.32 Å². The van der Waals surface area contributed by atoms with Gasteiger partial charge in [0.25, 0.3) is 0 Å². The van der Waals surface area contributed by atoms with Gasteiger partial charge in [0.15, 0.2) is 11.5 Å². The van der Waals surface area contributed by atoms with Crippen LogP contribution >= 0.6 is 11.6 Å². The maximum absolute atomic E-state index is 13.0. The molecule has 2 aromatic rings. The fourth-order valence-electron chi connectivity index (χ4n) is 3.55. The highest BCUT2D eigenvalue weighted by Gasteiger charge is 2.27. The van der Waals surface area contributed by atoms with Crippen LogP contribution in [0.2, 0.25) is 5.02 Å². The molecule has 0 aliphatic carbocycles. The van der Waals surface area contributed by atoms with E-state index in [1.54, 1.807) is 6.07 Å². The molecule has 1 atom stereocenters. The second kappa shape index (κ2) is 7.46. The van der Waals surface area contributed by atoms with Crippen LogP contribution in [0.3, 0.4) is 0 Å². The van der Waals surface area contributed by atoms with Gasteiger partial charge in [0.1, 0.15) is 0 Å². The number of nitrogens with one attached hydrogen (secondary N) is 1. The van der Waals surface area contributed by atoms with Crippen LogP contribution < -0.4 is 14.8 Å². The van der Waals surface area contributed by atoms with Crippen molar-refractivity contribution in [3.8, 4) is 11.5 Å². The molecule has 2 heterocycles. The SMILES string of the molecule is O=C(Nc1ccc2c(c1)OCO2)N1CCCCCC1c1ccc(Cl)cc1. The van der Waals surface area contributed by atoms with Gasteiger partial charge < -0.3 is 19.7 Å². The number of likely N-dealkylation sites (tertiary alicyclic amines) is 1. The third kappa shape index (κ3) is 3.58. The summed E-state index contributed by atoms with van der Waals surface area (Å²) in [6.07, 6.45) is 4.22. The zero-order valence-electron chi connectivity index (χ0n) is 14.4. The molecule has 5 nitrogen and oxygen atoms in total. The molecule has 2 aromatic carbocycles. The molecule has 2 aliphatic rings. The third-order valence-electron chi connectivity index (χ3n) is 4.89. The molecule has 0 aromatic heterocycles. The monoisotopic (exact) mass is 372 g/mol. The quantitative estimate of drug-likeness (QED) is 0.786. The van der Waals surface area contributed by atoms with Gasteiger partial charge in [-0.1, -0.05) is 36.6 Å². The standard InChI is InChI=1S/C20H21ClN2O3/c21-15-7-5-14(6-8-15)17-4-2-1-3-11-23(17)20(24)22-16-9-10-18-19(12-16)26-13-25-18/h5-10,12,17H,1-4,11,13H2,(H,22,24).